The molecule has 0 aliphatic carbocycles. The number of hydrogen-bond acceptors (Lipinski definition) is 4. The standard InChI is InChI=1S/C35H36BrCl2N3O4S/c1-4-25(3)39-35(43)33(18-26-8-6-5-7-9-26)40(22-27-12-14-28(36)15-13-27)34(42)23-41(31-20-29(37)19-30(38)21-31)46(44,45)32-16-10-24(2)11-17-32/h5-17,19-21,25,33H,4,18,22-23H2,1-3H3,(H,39,43)/t25-,33+/m0/s1. The summed E-state index contributed by atoms with van der Waals surface area (Å²) in [5, 5.41) is 3.45. The third-order valence-corrected chi connectivity index (χ3v) is 10.3. The minimum atomic E-state index is -4.28. The number of nitrogens with one attached hydrogen (secondary N) is 1. The zero-order valence-corrected chi connectivity index (χ0v) is 29.7. The lowest BCUT2D eigenvalue weighted by Crippen LogP contribution is -2.54. The maximum atomic E-state index is 14.6. The number of anilines is 1. The molecule has 0 saturated heterocycles. The molecule has 7 nitrogen and oxygen atoms in total. The largest absolute Gasteiger partial charge is 0.352 e. The molecule has 2 amide bonds. The summed E-state index contributed by atoms with van der Waals surface area (Å²) in [4.78, 5) is 29.9. The van der Waals surface area contributed by atoms with Gasteiger partial charge in [0.15, 0.2) is 0 Å². The maximum absolute atomic E-state index is 14.6. The van der Waals surface area contributed by atoms with Crippen LogP contribution < -0.4 is 9.62 Å². The molecular formula is C35H36BrCl2N3O4S. The highest BCUT2D eigenvalue weighted by Gasteiger charge is 2.35. The molecule has 0 heterocycles. The Morgan fingerprint density at radius 1 is 0.870 bits per heavy atom. The predicted molar refractivity (Wildman–Crippen MR) is 189 cm³/mol. The van der Waals surface area contributed by atoms with Crippen LogP contribution in [0.1, 0.15) is 37.0 Å². The number of aryl methyl sites for hydroxylation is 1. The fourth-order valence-corrected chi connectivity index (χ4v) is 7.01. The van der Waals surface area contributed by atoms with E-state index in [-0.39, 0.29) is 45.5 Å². The fraction of sp³-hybridized carbons (Fsp3) is 0.257. The van der Waals surface area contributed by atoms with Gasteiger partial charge < -0.3 is 10.2 Å². The number of sulfonamides is 1. The van der Waals surface area contributed by atoms with E-state index in [0.29, 0.717) is 6.42 Å². The van der Waals surface area contributed by atoms with Crippen LogP contribution in [0.3, 0.4) is 0 Å². The second-order valence-corrected chi connectivity index (χ2v) is 14.8. The highest BCUT2D eigenvalue weighted by Crippen LogP contribution is 2.30. The fourth-order valence-electron chi connectivity index (χ4n) is 4.83. The van der Waals surface area contributed by atoms with E-state index in [9.17, 15) is 18.0 Å². The topological polar surface area (TPSA) is 86.8 Å². The summed E-state index contributed by atoms with van der Waals surface area (Å²) in [5.41, 5.74) is 2.62. The first kappa shape index (κ1) is 35.5. The molecule has 2 atom stereocenters. The van der Waals surface area contributed by atoms with Crippen LogP contribution in [0.25, 0.3) is 0 Å². The van der Waals surface area contributed by atoms with E-state index in [1.165, 1.54) is 35.2 Å². The van der Waals surface area contributed by atoms with Gasteiger partial charge in [0, 0.05) is 33.5 Å². The van der Waals surface area contributed by atoms with Gasteiger partial charge in [-0.2, -0.15) is 0 Å². The predicted octanol–water partition coefficient (Wildman–Crippen LogP) is 7.81. The molecule has 0 saturated carbocycles. The van der Waals surface area contributed by atoms with Crippen molar-refractivity contribution in [3.8, 4) is 0 Å². The molecule has 1 N–H and O–H groups in total. The van der Waals surface area contributed by atoms with E-state index < -0.39 is 28.5 Å². The number of carbonyl (C=O) groups excluding carboxylic acids is 2. The van der Waals surface area contributed by atoms with Crippen molar-refractivity contribution in [2.24, 2.45) is 0 Å². The Kier molecular flexibility index (Phi) is 12.3. The Morgan fingerprint density at radius 3 is 2.07 bits per heavy atom. The molecule has 0 aliphatic heterocycles. The van der Waals surface area contributed by atoms with Crippen LogP contribution in [0.15, 0.2) is 106 Å². The number of benzene rings is 4. The third kappa shape index (κ3) is 9.35. The Labute approximate surface area is 289 Å². The van der Waals surface area contributed by atoms with Crippen molar-refractivity contribution in [3.63, 3.8) is 0 Å². The smallest absolute Gasteiger partial charge is 0.264 e. The van der Waals surface area contributed by atoms with Crippen LogP contribution >= 0.6 is 39.1 Å². The van der Waals surface area contributed by atoms with Gasteiger partial charge in [-0.05, 0) is 73.9 Å². The van der Waals surface area contributed by atoms with Gasteiger partial charge in [0.25, 0.3) is 10.0 Å². The average molecular weight is 746 g/mol. The van der Waals surface area contributed by atoms with Gasteiger partial charge in [0.2, 0.25) is 11.8 Å². The lowest BCUT2D eigenvalue weighted by molar-refractivity contribution is -0.140. The first-order chi connectivity index (χ1) is 21.9. The Balaban J connectivity index is 1.83. The van der Waals surface area contributed by atoms with Crippen LogP contribution in [0, 0.1) is 6.92 Å². The van der Waals surface area contributed by atoms with Crippen LogP contribution in [0.2, 0.25) is 10.0 Å². The summed E-state index contributed by atoms with van der Waals surface area (Å²) in [7, 11) is -4.28. The molecule has 0 radical (unpaired) electrons. The summed E-state index contributed by atoms with van der Waals surface area (Å²) >= 11 is 16.1. The van der Waals surface area contributed by atoms with Gasteiger partial charge in [-0.25, -0.2) is 8.42 Å². The molecule has 4 rings (SSSR count). The summed E-state index contributed by atoms with van der Waals surface area (Å²) in [5.74, 6) is -0.905. The Hall–Kier alpha value is -3.37. The molecule has 0 bridgehead atoms. The summed E-state index contributed by atoms with van der Waals surface area (Å²) < 4.78 is 30.2. The van der Waals surface area contributed by atoms with Crippen molar-refractivity contribution in [1.29, 1.82) is 0 Å². The van der Waals surface area contributed by atoms with Gasteiger partial charge in [-0.1, -0.05) is 106 Å². The van der Waals surface area contributed by atoms with Crippen molar-refractivity contribution in [2.75, 3.05) is 10.8 Å². The van der Waals surface area contributed by atoms with Crippen LogP contribution in [-0.2, 0) is 32.6 Å². The molecule has 4 aromatic carbocycles. The lowest BCUT2D eigenvalue weighted by atomic mass is 10.0. The molecule has 11 heteroatoms. The molecule has 0 spiro atoms. The summed E-state index contributed by atoms with van der Waals surface area (Å²) in [6.07, 6.45) is 0.918. The number of halogens is 3. The van der Waals surface area contributed by atoms with Crippen molar-refractivity contribution in [1.82, 2.24) is 10.2 Å². The molecule has 46 heavy (non-hydrogen) atoms. The van der Waals surface area contributed by atoms with E-state index in [1.807, 2.05) is 75.4 Å². The lowest BCUT2D eigenvalue weighted by Gasteiger charge is -2.34. The zero-order chi connectivity index (χ0) is 33.4. The van der Waals surface area contributed by atoms with E-state index in [2.05, 4.69) is 21.2 Å². The highest BCUT2D eigenvalue weighted by molar-refractivity contribution is 9.10. The number of rotatable bonds is 13. The zero-order valence-electron chi connectivity index (χ0n) is 25.8. The first-order valence-corrected chi connectivity index (χ1v) is 17.8. The van der Waals surface area contributed by atoms with Gasteiger partial charge in [0.05, 0.1) is 10.6 Å². The SMILES string of the molecule is CC[C@H](C)NC(=O)[C@@H](Cc1ccccc1)N(Cc1ccc(Br)cc1)C(=O)CN(c1cc(Cl)cc(Cl)c1)S(=O)(=O)c1ccc(C)cc1. The highest BCUT2D eigenvalue weighted by atomic mass is 79.9. The molecule has 4 aromatic rings. The van der Waals surface area contributed by atoms with Gasteiger partial charge in [-0.15, -0.1) is 0 Å². The number of carbonyl (C=O) groups is 2. The summed E-state index contributed by atoms with van der Waals surface area (Å²) in [6, 6.07) is 26.5. The summed E-state index contributed by atoms with van der Waals surface area (Å²) in [6.45, 7) is 5.17. The number of hydrogen-bond donors (Lipinski definition) is 1. The maximum Gasteiger partial charge on any atom is 0.264 e. The third-order valence-electron chi connectivity index (χ3n) is 7.56. The van der Waals surface area contributed by atoms with E-state index >= 15 is 0 Å². The van der Waals surface area contributed by atoms with Gasteiger partial charge in [0.1, 0.15) is 12.6 Å². The second kappa shape index (κ2) is 16.0. The molecule has 0 aromatic heterocycles. The van der Waals surface area contributed by atoms with Crippen LogP contribution in [0.4, 0.5) is 5.69 Å². The second-order valence-electron chi connectivity index (χ2n) is 11.1. The van der Waals surface area contributed by atoms with Crippen LogP contribution in [-0.4, -0.2) is 43.8 Å². The Morgan fingerprint density at radius 2 is 1.48 bits per heavy atom. The van der Waals surface area contributed by atoms with Gasteiger partial charge in [-0.3, -0.25) is 13.9 Å². The molecule has 0 fully saturated rings. The van der Waals surface area contributed by atoms with Crippen molar-refractivity contribution < 1.29 is 18.0 Å². The Bertz CT molecular complexity index is 1740. The quantitative estimate of drug-likeness (QED) is 0.151. The molecular weight excluding hydrogens is 709 g/mol. The monoisotopic (exact) mass is 743 g/mol. The number of nitrogens with zero attached hydrogens (tertiary/aromatic N) is 2. The first-order valence-electron chi connectivity index (χ1n) is 14.8. The van der Waals surface area contributed by atoms with Gasteiger partial charge >= 0.3 is 0 Å². The van der Waals surface area contributed by atoms with Crippen molar-refractivity contribution in [3.05, 3.63) is 128 Å². The van der Waals surface area contributed by atoms with Crippen molar-refractivity contribution in [2.45, 2.75) is 57.1 Å². The minimum Gasteiger partial charge on any atom is -0.352 e. The minimum absolute atomic E-state index is 0.00296. The van der Waals surface area contributed by atoms with E-state index in [1.54, 1.807) is 12.1 Å². The van der Waals surface area contributed by atoms with E-state index in [4.69, 9.17) is 23.2 Å². The molecule has 0 aliphatic rings. The molecule has 242 valence electrons. The normalized spacial score (nSPS) is 12.7. The van der Waals surface area contributed by atoms with Crippen LogP contribution in [0.5, 0.6) is 0 Å². The average Bonchev–Trinajstić information content (AvgIpc) is 3.02. The van der Waals surface area contributed by atoms with Crippen molar-refractivity contribution >= 4 is 66.7 Å². The molecule has 0 unspecified atom stereocenters. The number of amides is 2. The van der Waals surface area contributed by atoms with E-state index in [0.717, 1.165) is 25.5 Å².